The summed E-state index contributed by atoms with van der Waals surface area (Å²) in [5.74, 6) is 2.73. The van der Waals surface area contributed by atoms with Gasteiger partial charge in [0, 0.05) is 18.7 Å². The fraction of sp³-hybridized carbons (Fsp3) is 0.409. The number of benzene rings is 2. The Balaban J connectivity index is 0.00000420. The van der Waals surface area contributed by atoms with Crippen molar-refractivity contribution in [2.75, 3.05) is 34.4 Å². The van der Waals surface area contributed by atoms with Crippen molar-refractivity contribution in [3.63, 3.8) is 0 Å². The summed E-state index contributed by atoms with van der Waals surface area (Å²) in [6, 6.07) is 14.4. The van der Waals surface area contributed by atoms with E-state index >= 15 is 0 Å². The molecule has 2 aromatic carbocycles. The highest BCUT2D eigenvalue weighted by molar-refractivity contribution is 14.0. The van der Waals surface area contributed by atoms with E-state index in [4.69, 9.17) is 19.2 Å². The van der Waals surface area contributed by atoms with E-state index in [1.165, 1.54) is 5.56 Å². The van der Waals surface area contributed by atoms with Crippen LogP contribution < -0.4 is 24.8 Å². The molecule has 0 aliphatic carbocycles. The van der Waals surface area contributed by atoms with Crippen LogP contribution in [0.3, 0.4) is 0 Å². The summed E-state index contributed by atoms with van der Waals surface area (Å²) in [4.78, 5) is 4.71. The first kappa shape index (κ1) is 24.9. The summed E-state index contributed by atoms with van der Waals surface area (Å²) in [5, 5.41) is 6.75. The van der Waals surface area contributed by atoms with Crippen LogP contribution in [0.1, 0.15) is 31.0 Å². The monoisotopic (exact) mass is 513 g/mol. The molecule has 2 N–H and O–H groups in total. The molecule has 0 saturated carbocycles. The zero-order chi connectivity index (χ0) is 20.4. The summed E-state index contributed by atoms with van der Waals surface area (Å²) >= 11 is 0. The number of rotatable bonds is 9. The molecule has 1 atom stereocenters. The summed E-state index contributed by atoms with van der Waals surface area (Å²) in [6.45, 7) is 5.59. The number of guanidine groups is 1. The van der Waals surface area contributed by atoms with Crippen LogP contribution in [0.4, 0.5) is 0 Å². The van der Waals surface area contributed by atoms with E-state index in [2.05, 4.69) is 36.6 Å². The number of aliphatic imine (C=N–C) groups is 1. The summed E-state index contributed by atoms with van der Waals surface area (Å²) in [7, 11) is 4.86. The van der Waals surface area contributed by atoms with Crippen LogP contribution in [0.5, 0.6) is 17.2 Å². The van der Waals surface area contributed by atoms with E-state index in [0.717, 1.165) is 24.5 Å². The maximum atomic E-state index is 5.55. The first-order valence-corrected chi connectivity index (χ1v) is 9.52. The van der Waals surface area contributed by atoms with Gasteiger partial charge in [0.15, 0.2) is 17.5 Å². The summed E-state index contributed by atoms with van der Waals surface area (Å²) in [6.07, 6.45) is 0.722. The van der Waals surface area contributed by atoms with Gasteiger partial charge < -0.3 is 24.8 Å². The van der Waals surface area contributed by atoms with Crippen molar-refractivity contribution in [1.82, 2.24) is 10.6 Å². The molecule has 0 aliphatic heterocycles. The van der Waals surface area contributed by atoms with Crippen molar-refractivity contribution < 1.29 is 14.2 Å². The molecule has 0 bridgehead atoms. The largest absolute Gasteiger partial charge is 0.493 e. The smallest absolute Gasteiger partial charge is 0.203 e. The lowest BCUT2D eigenvalue weighted by atomic mass is 10.1. The Morgan fingerprint density at radius 2 is 1.66 bits per heavy atom. The zero-order valence-corrected chi connectivity index (χ0v) is 20.2. The number of methoxy groups -OCH3 is 3. The maximum Gasteiger partial charge on any atom is 0.203 e. The third-order valence-electron chi connectivity index (χ3n) is 4.43. The van der Waals surface area contributed by atoms with Crippen molar-refractivity contribution in [3.05, 3.63) is 53.6 Å². The molecule has 29 heavy (non-hydrogen) atoms. The van der Waals surface area contributed by atoms with E-state index < -0.39 is 0 Å². The normalized spacial score (nSPS) is 11.8. The van der Waals surface area contributed by atoms with Gasteiger partial charge in [-0.15, -0.1) is 24.0 Å². The molecule has 2 aromatic rings. The van der Waals surface area contributed by atoms with Gasteiger partial charge in [-0.05, 0) is 31.9 Å². The van der Waals surface area contributed by atoms with Crippen molar-refractivity contribution >= 4 is 29.9 Å². The standard InChI is InChI=1S/C22H31N3O3.HI/c1-6-23-22(25-16(2)17-10-8-7-9-11-17)24-15-14-18-12-13-19(26-3)21(28-5)20(18)27-4;/h7-13,16H,6,14-15H2,1-5H3,(H2,23,24,25);1H. The SMILES string of the molecule is CCNC(=NCCc1ccc(OC)c(OC)c1OC)NC(C)c1ccccc1.I. The highest BCUT2D eigenvalue weighted by atomic mass is 127. The number of hydrogen-bond acceptors (Lipinski definition) is 4. The molecule has 7 heteroatoms. The fourth-order valence-electron chi connectivity index (χ4n) is 3.00. The Labute approximate surface area is 191 Å². The van der Waals surface area contributed by atoms with Crippen LogP contribution in [0, 0.1) is 0 Å². The topological polar surface area (TPSA) is 64.1 Å². The lowest BCUT2D eigenvalue weighted by Crippen LogP contribution is -2.38. The quantitative estimate of drug-likeness (QED) is 0.299. The Bertz CT molecular complexity index is 769. The number of nitrogens with one attached hydrogen (secondary N) is 2. The second kappa shape index (κ2) is 13.1. The van der Waals surface area contributed by atoms with E-state index in [9.17, 15) is 0 Å². The molecular weight excluding hydrogens is 481 g/mol. The van der Waals surface area contributed by atoms with Crippen LogP contribution in [0.25, 0.3) is 0 Å². The van der Waals surface area contributed by atoms with Crippen molar-refractivity contribution in [1.29, 1.82) is 0 Å². The molecule has 0 amide bonds. The van der Waals surface area contributed by atoms with Gasteiger partial charge in [0.25, 0.3) is 0 Å². The first-order chi connectivity index (χ1) is 13.6. The van der Waals surface area contributed by atoms with Gasteiger partial charge in [-0.2, -0.15) is 0 Å². The number of ether oxygens (including phenoxy) is 3. The average Bonchev–Trinajstić information content (AvgIpc) is 2.73. The summed E-state index contributed by atoms with van der Waals surface area (Å²) in [5.41, 5.74) is 2.24. The third kappa shape index (κ3) is 6.99. The molecule has 0 aromatic heterocycles. The molecule has 0 saturated heterocycles. The van der Waals surface area contributed by atoms with Crippen LogP contribution in [0.15, 0.2) is 47.5 Å². The predicted octanol–water partition coefficient (Wildman–Crippen LogP) is 4.19. The average molecular weight is 513 g/mol. The Kier molecular flexibility index (Phi) is 11.3. The van der Waals surface area contributed by atoms with Crippen LogP contribution >= 0.6 is 24.0 Å². The molecule has 2 rings (SSSR count). The number of hydrogen-bond donors (Lipinski definition) is 2. The van der Waals surface area contributed by atoms with Gasteiger partial charge in [-0.25, -0.2) is 0 Å². The molecule has 1 unspecified atom stereocenters. The Hall–Kier alpha value is -2.16. The molecule has 6 nitrogen and oxygen atoms in total. The van der Waals surface area contributed by atoms with Gasteiger partial charge in [0.1, 0.15) is 0 Å². The van der Waals surface area contributed by atoms with Crippen LogP contribution in [-0.2, 0) is 6.42 Å². The summed E-state index contributed by atoms with van der Waals surface area (Å²) < 4.78 is 16.4. The number of nitrogens with zero attached hydrogens (tertiary/aromatic N) is 1. The van der Waals surface area contributed by atoms with Gasteiger partial charge >= 0.3 is 0 Å². The maximum absolute atomic E-state index is 5.55. The molecule has 0 spiro atoms. The van der Waals surface area contributed by atoms with Crippen molar-refractivity contribution in [2.24, 2.45) is 4.99 Å². The lowest BCUT2D eigenvalue weighted by Gasteiger charge is -2.18. The van der Waals surface area contributed by atoms with Gasteiger partial charge in [-0.3, -0.25) is 4.99 Å². The van der Waals surface area contributed by atoms with Crippen LogP contribution in [-0.4, -0.2) is 40.4 Å². The third-order valence-corrected chi connectivity index (χ3v) is 4.43. The predicted molar refractivity (Wildman–Crippen MR) is 129 cm³/mol. The van der Waals surface area contributed by atoms with Crippen molar-refractivity contribution in [3.8, 4) is 17.2 Å². The highest BCUT2D eigenvalue weighted by Crippen LogP contribution is 2.39. The van der Waals surface area contributed by atoms with E-state index in [1.807, 2.05) is 30.3 Å². The molecule has 0 radical (unpaired) electrons. The van der Waals surface area contributed by atoms with Crippen molar-refractivity contribution in [2.45, 2.75) is 26.3 Å². The van der Waals surface area contributed by atoms with Crippen LogP contribution in [0.2, 0.25) is 0 Å². The van der Waals surface area contributed by atoms with E-state index in [-0.39, 0.29) is 30.0 Å². The minimum Gasteiger partial charge on any atom is -0.493 e. The second-order valence-electron chi connectivity index (χ2n) is 6.28. The van der Waals surface area contributed by atoms with E-state index in [1.54, 1.807) is 21.3 Å². The molecule has 160 valence electrons. The lowest BCUT2D eigenvalue weighted by molar-refractivity contribution is 0.322. The number of halogens is 1. The Morgan fingerprint density at radius 1 is 0.966 bits per heavy atom. The highest BCUT2D eigenvalue weighted by Gasteiger charge is 2.15. The molecule has 0 aliphatic rings. The Morgan fingerprint density at radius 3 is 2.24 bits per heavy atom. The van der Waals surface area contributed by atoms with Gasteiger partial charge in [-0.1, -0.05) is 36.4 Å². The second-order valence-corrected chi connectivity index (χ2v) is 6.28. The minimum absolute atomic E-state index is 0. The van der Waals surface area contributed by atoms with Gasteiger partial charge in [0.2, 0.25) is 5.75 Å². The zero-order valence-electron chi connectivity index (χ0n) is 17.8. The van der Waals surface area contributed by atoms with E-state index in [0.29, 0.717) is 23.8 Å². The molecular formula is C22H32IN3O3. The molecule has 0 fully saturated rings. The first-order valence-electron chi connectivity index (χ1n) is 9.52. The van der Waals surface area contributed by atoms with Gasteiger partial charge in [0.05, 0.1) is 27.4 Å². The minimum atomic E-state index is 0. The molecule has 0 heterocycles. The fourth-order valence-corrected chi connectivity index (χ4v) is 3.00.